The zero-order chi connectivity index (χ0) is 12.9. The lowest BCUT2D eigenvalue weighted by Crippen LogP contribution is -2.29. The Bertz CT molecular complexity index is 391. The van der Waals surface area contributed by atoms with Crippen molar-refractivity contribution in [2.45, 2.75) is 19.5 Å². The van der Waals surface area contributed by atoms with Gasteiger partial charge in [-0.05, 0) is 30.8 Å². The van der Waals surface area contributed by atoms with Crippen LogP contribution in [0.5, 0.6) is 0 Å². The van der Waals surface area contributed by atoms with E-state index in [1.54, 1.807) is 0 Å². The zero-order valence-corrected chi connectivity index (χ0v) is 10.1. The molecule has 0 aliphatic carbocycles. The number of anilines is 1. The van der Waals surface area contributed by atoms with Crippen LogP contribution in [0.1, 0.15) is 18.9 Å². The molecular formula is C11H13F3N2S. The van der Waals surface area contributed by atoms with Gasteiger partial charge in [-0.1, -0.05) is 19.1 Å². The highest BCUT2D eigenvalue weighted by atomic mass is 32.1. The first-order valence-corrected chi connectivity index (χ1v) is 5.57. The molecule has 0 amide bonds. The Balaban J connectivity index is 2.81. The fourth-order valence-electron chi connectivity index (χ4n) is 1.24. The van der Waals surface area contributed by atoms with E-state index in [1.807, 2.05) is 6.92 Å². The van der Waals surface area contributed by atoms with Crippen molar-refractivity contribution in [3.05, 3.63) is 29.8 Å². The van der Waals surface area contributed by atoms with E-state index in [1.165, 1.54) is 18.2 Å². The van der Waals surface area contributed by atoms with Gasteiger partial charge in [-0.15, -0.1) is 0 Å². The van der Waals surface area contributed by atoms with Gasteiger partial charge in [0.15, 0.2) is 5.11 Å². The van der Waals surface area contributed by atoms with Gasteiger partial charge in [0.2, 0.25) is 0 Å². The van der Waals surface area contributed by atoms with Crippen molar-refractivity contribution in [1.82, 2.24) is 5.32 Å². The van der Waals surface area contributed by atoms with Gasteiger partial charge < -0.3 is 10.6 Å². The number of rotatable bonds is 3. The molecule has 0 aromatic heterocycles. The van der Waals surface area contributed by atoms with E-state index < -0.39 is 11.7 Å². The highest BCUT2D eigenvalue weighted by molar-refractivity contribution is 7.80. The number of halogens is 3. The van der Waals surface area contributed by atoms with Gasteiger partial charge in [0.05, 0.1) is 11.3 Å². The van der Waals surface area contributed by atoms with Gasteiger partial charge in [0.1, 0.15) is 0 Å². The van der Waals surface area contributed by atoms with E-state index in [-0.39, 0.29) is 10.8 Å². The highest BCUT2D eigenvalue weighted by Gasteiger charge is 2.33. The molecule has 0 aliphatic heterocycles. The Hall–Kier alpha value is -1.30. The summed E-state index contributed by atoms with van der Waals surface area (Å²) < 4.78 is 37.9. The molecule has 17 heavy (non-hydrogen) atoms. The first-order chi connectivity index (χ1) is 7.95. The van der Waals surface area contributed by atoms with Crippen molar-refractivity contribution in [1.29, 1.82) is 0 Å². The number of hydrogen-bond acceptors (Lipinski definition) is 1. The Morgan fingerprint density at radius 2 is 1.94 bits per heavy atom. The molecule has 0 saturated carbocycles. The summed E-state index contributed by atoms with van der Waals surface area (Å²) in [5.74, 6) is 0. The molecule has 1 rings (SSSR count). The third-order valence-electron chi connectivity index (χ3n) is 2.02. The van der Waals surface area contributed by atoms with Gasteiger partial charge in [0, 0.05) is 6.54 Å². The van der Waals surface area contributed by atoms with Crippen molar-refractivity contribution in [2.24, 2.45) is 0 Å². The summed E-state index contributed by atoms with van der Waals surface area (Å²) in [7, 11) is 0. The smallest absolute Gasteiger partial charge is 0.362 e. The minimum Gasteiger partial charge on any atom is -0.362 e. The molecule has 94 valence electrons. The Morgan fingerprint density at radius 1 is 1.29 bits per heavy atom. The van der Waals surface area contributed by atoms with Crippen LogP contribution in [0.15, 0.2) is 24.3 Å². The summed E-state index contributed by atoms with van der Waals surface area (Å²) >= 11 is 4.89. The lowest BCUT2D eigenvalue weighted by molar-refractivity contribution is -0.136. The van der Waals surface area contributed by atoms with Crippen LogP contribution in [0, 0.1) is 0 Å². The summed E-state index contributed by atoms with van der Waals surface area (Å²) in [6, 6.07) is 5.24. The van der Waals surface area contributed by atoms with Crippen LogP contribution in [-0.4, -0.2) is 11.7 Å². The van der Waals surface area contributed by atoms with E-state index in [2.05, 4.69) is 10.6 Å². The largest absolute Gasteiger partial charge is 0.418 e. The molecule has 1 aromatic rings. The van der Waals surface area contributed by atoms with Crippen molar-refractivity contribution in [3.63, 3.8) is 0 Å². The maximum Gasteiger partial charge on any atom is 0.418 e. The number of hydrogen-bond donors (Lipinski definition) is 2. The quantitative estimate of drug-likeness (QED) is 0.816. The van der Waals surface area contributed by atoms with Gasteiger partial charge in [0.25, 0.3) is 0 Å². The molecule has 0 saturated heterocycles. The summed E-state index contributed by atoms with van der Waals surface area (Å²) in [4.78, 5) is 0. The number of thiocarbonyl (C=S) groups is 1. The molecule has 0 fully saturated rings. The van der Waals surface area contributed by atoms with E-state index in [0.29, 0.717) is 6.54 Å². The molecule has 0 atom stereocenters. The van der Waals surface area contributed by atoms with E-state index >= 15 is 0 Å². The third kappa shape index (κ3) is 4.22. The Kier molecular flexibility index (Phi) is 4.74. The molecule has 2 nitrogen and oxygen atoms in total. The van der Waals surface area contributed by atoms with Crippen molar-refractivity contribution >= 4 is 23.0 Å². The molecule has 1 aromatic carbocycles. The fourth-order valence-corrected chi connectivity index (χ4v) is 1.46. The van der Waals surface area contributed by atoms with Crippen LogP contribution in [0.4, 0.5) is 18.9 Å². The molecule has 0 aliphatic rings. The van der Waals surface area contributed by atoms with Gasteiger partial charge in [-0.25, -0.2) is 0 Å². The van der Waals surface area contributed by atoms with Crippen molar-refractivity contribution in [2.75, 3.05) is 11.9 Å². The van der Waals surface area contributed by atoms with E-state index in [9.17, 15) is 13.2 Å². The second-order valence-electron chi connectivity index (χ2n) is 3.42. The zero-order valence-electron chi connectivity index (χ0n) is 9.27. The SMILES string of the molecule is CCCNC(=S)Nc1ccccc1C(F)(F)F. The molecule has 0 unspecified atom stereocenters. The van der Waals surface area contributed by atoms with Crippen LogP contribution >= 0.6 is 12.2 Å². The molecule has 0 radical (unpaired) electrons. The fraction of sp³-hybridized carbons (Fsp3) is 0.364. The highest BCUT2D eigenvalue weighted by Crippen LogP contribution is 2.34. The van der Waals surface area contributed by atoms with E-state index in [0.717, 1.165) is 12.5 Å². The summed E-state index contributed by atoms with van der Waals surface area (Å²) in [6.07, 6.45) is -3.54. The monoisotopic (exact) mass is 262 g/mol. The van der Waals surface area contributed by atoms with Gasteiger partial charge in [-0.2, -0.15) is 13.2 Å². The predicted octanol–water partition coefficient (Wildman–Crippen LogP) is 3.40. The normalized spacial score (nSPS) is 11.1. The Morgan fingerprint density at radius 3 is 2.53 bits per heavy atom. The molecule has 0 bridgehead atoms. The van der Waals surface area contributed by atoms with Crippen LogP contribution in [0.3, 0.4) is 0 Å². The topological polar surface area (TPSA) is 24.1 Å². The minimum absolute atomic E-state index is 0.0337. The maximum absolute atomic E-state index is 12.6. The molecule has 2 N–H and O–H groups in total. The number of nitrogens with one attached hydrogen (secondary N) is 2. The third-order valence-corrected chi connectivity index (χ3v) is 2.26. The van der Waals surface area contributed by atoms with E-state index in [4.69, 9.17) is 12.2 Å². The maximum atomic E-state index is 12.6. The summed E-state index contributed by atoms with van der Waals surface area (Å²) in [5.41, 5.74) is -0.755. The molecule has 6 heteroatoms. The van der Waals surface area contributed by atoms with Crippen LogP contribution in [0.25, 0.3) is 0 Å². The first-order valence-electron chi connectivity index (χ1n) is 5.16. The standard InChI is InChI=1S/C11H13F3N2S/c1-2-7-15-10(17)16-9-6-4-3-5-8(9)11(12,13)14/h3-6H,2,7H2,1H3,(H2,15,16,17). The summed E-state index contributed by atoms with van der Waals surface area (Å²) in [5, 5.41) is 5.56. The second-order valence-corrected chi connectivity index (χ2v) is 3.83. The average molecular weight is 262 g/mol. The van der Waals surface area contributed by atoms with Gasteiger partial charge >= 0.3 is 6.18 Å². The minimum atomic E-state index is -4.38. The van der Waals surface area contributed by atoms with Crippen molar-refractivity contribution < 1.29 is 13.2 Å². The lowest BCUT2D eigenvalue weighted by atomic mass is 10.1. The van der Waals surface area contributed by atoms with Crippen LogP contribution in [0.2, 0.25) is 0 Å². The second kappa shape index (κ2) is 5.86. The summed E-state index contributed by atoms with van der Waals surface area (Å²) in [6.45, 7) is 2.57. The molecule has 0 heterocycles. The van der Waals surface area contributed by atoms with Crippen LogP contribution in [-0.2, 0) is 6.18 Å². The number of para-hydroxylation sites is 1. The lowest BCUT2D eigenvalue weighted by Gasteiger charge is -2.15. The molecule has 0 spiro atoms. The van der Waals surface area contributed by atoms with Crippen molar-refractivity contribution in [3.8, 4) is 0 Å². The average Bonchev–Trinajstić information content (AvgIpc) is 2.25. The number of benzene rings is 1. The Labute approximate surface area is 103 Å². The molecular weight excluding hydrogens is 249 g/mol. The van der Waals surface area contributed by atoms with Gasteiger partial charge in [-0.3, -0.25) is 0 Å². The number of alkyl halides is 3. The predicted molar refractivity (Wildman–Crippen MR) is 66.0 cm³/mol. The van der Waals surface area contributed by atoms with Crippen LogP contribution < -0.4 is 10.6 Å². The first kappa shape index (κ1) is 13.8.